The monoisotopic (exact) mass is 285 g/mol. The minimum absolute atomic E-state index is 0.491. The molecule has 1 atom stereocenters. The molecule has 2 heterocycles. The molecule has 0 aromatic carbocycles. The minimum Gasteiger partial charge on any atom is -0.378 e. The maximum atomic E-state index is 5.62. The number of tetrazole rings is 1. The molecular formula is C12H23N5OS. The highest BCUT2D eigenvalue weighted by molar-refractivity contribution is 7.99. The molecule has 1 unspecified atom stereocenters. The van der Waals surface area contributed by atoms with Crippen LogP contribution < -0.4 is 5.32 Å². The highest BCUT2D eigenvalue weighted by Gasteiger charge is 2.15. The third-order valence-corrected chi connectivity index (χ3v) is 4.22. The fourth-order valence-corrected chi connectivity index (χ4v) is 3.01. The van der Waals surface area contributed by atoms with E-state index in [4.69, 9.17) is 4.74 Å². The summed E-state index contributed by atoms with van der Waals surface area (Å²) in [6.07, 6.45) is 5.26. The smallest absolute Gasteiger partial charge is 0.209 e. The third kappa shape index (κ3) is 5.08. The van der Waals surface area contributed by atoms with E-state index in [0.717, 1.165) is 50.0 Å². The van der Waals surface area contributed by atoms with Crippen molar-refractivity contribution in [1.29, 1.82) is 0 Å². The van der Waals surface area contributed by atoms with Gasteiger partial charge in [0.25, 0.3) is 0 Å². The molecule has 1 aliphatic heterocycles. The Kier molecular flexibility index (Phi) is 6.59. The zero-order chi connectivity index (χ0) is 13.3. The quantitative estimate of drug-likeness (QED) is 0.545. The van der Waals surface area contributed by atoms with Crippen LogP contribution in [0.4, 0.5) is 0 Å². The van der Waals surface area contributed by atoms with Crippen molar-refractivity contribution in [2.24, 2.45) is 0 Å². The predicted molar refractivity (Wildman–Crippen MR) is 75.3 cm³/mol. The van der Waals surface area contributed by atoms with Crippen LogP contribution >= 0.6 is 11.8 Å². The molecule has 1 aromatic heterocycles. The van der Waals surface area contributed by atoms with Gasteiger partial charge in [-0.15, -0.1) is 5.10 Å². The first-order valence-corrected chi connectivity index (χ1v) is 8.10. The molecule has 0 radical (unpaired) electrons. The summed E-state index contributed by atoms with van der Waals surface area (Å²) in [5, 5.41) is 16.0. The maximum Gasteiger partial charge on any atom is 0.209 e. The second kappa shape index (κ2) is 8.50. The lowest BCUT2D eigenvalue weighted by molar-refractivity contribution is 0.104. The molecule has 6 nitrogen and oxygen atoms in total. The number of nitrogens with zero attached hydrogens (tertiary/aromatic N) is 4. The molecule has 19 heavy (non-hydrogen) atoms. The van der Waals surface area contributed by atoms with Crippen LogP contribution in [0.3, 0.4) is 0 Å². The van der Waals surface area contributed by atoms with E-state index in [-0.39, 0.29) is 0 Å². The zero-order valence-electron chi connectivity index (χ0n) is 11.5. The molecule has 0 aliphatic carbocycles. The molecule has 1 aromatic rings. The van der Waals surface area contributed by atoms with E-state index in [0.29, 0.717) is 6.10 Å². The fraction of sp³-hybridized carbons (Fsp3) is 0.917. The lowest BCUT2D eigenvalue weighted by Crippen LogP contribution is -2.20. The number of thioether (sulfide) groups is 1. The molecule has 0 amide bonds. The molecule has 1 saturated heterocycles. The third-order valence-electron chi connectivity index (χ3n) is 3.18. The van der Waals surface area contributed by atoms with E-state index in [1.165, 1.54) is 12.8 Å². The normalized spacial score (nSPS) is 19.1. The highest BCUT2D eigenvalue weighted by atomic mass is 32.2. The number of aromatic nitrogens is 4. The lowest BCUT2D eigenvalue weighted by atomic mass is 10.1. The summed E-state index contributed by atoms with van der Waals surface area (Å²) < 4.78 is 7.49. The van der Waals surface area contributed by atoms with Crippen LogP contribution in [-0.4, -0.2) is 51.8 Å². The van der Waals surface area contributed by atoms with Crippen molar-refractivity contribution >= 4 is 11.8 Å². The molecule has 1 fully saturated rings. The number of rotatable bonds is 9. The van der Waals surface area contributed by atoms with Crippen LogP contribution in [-0.2, 0) is 11.3 Å². The van der Waals surface area contributed by atoms with Crippen LogP contribution in [0.5, 0.6) is 0 Å². The van der Waals surface area contributed by atoms with Gasteiger partial charge in [-0.1, -0.05) is 18.7 Å². The average Bonchev–Trinajstić information content (AvgIpc) is 3.06. The largest absolute Gasteiger partial charge is 0.378 e. The average molecular weight is 285 g/mol. The molecule has 0 saturated carbocycles. The van der Waals surface area contributed by atoms with Crippen LogP contribution in [0.1, 0.15) is 32.6 Å². The fourth-order valence-electron chi connectivity index (χ4n) is 2.15. The topological polar surface area (TPSA) is 64.9 Å². The van der Waals surface area contributed by atoms with Crippen molar-refractivity contribution in [1.82, 2.24) is 25.5 Å². The molecule has 1 N–H and O–H groups in total. The second-order valence-electron chi connectivity index (χ2n) is 4.66. The Hall–Kier alpha value is -0.660. The number of nitrogens with one attached hydrogen (secondary N) is 1. The van der Waals surface area contributed by atoms with Crippen molar-refractivity contribution < 1.29 is 4.74 Å². The van der Waals surface area contributed by atoms with Gasteiger partial charge < -0.3 is 10.1 Å². The van der Waals surface area contributed by atoms with Gasteiger partial charge in [0.05, 0.1) is 12.6 Å². The van der Waals surface area contributed by atoms with Crippen molar-refractivity contribution in [2.75, 3.05) is 25.4 Å². The van der Waals surface area contributed by atoms with Gasteiger partial charge in [-0.2, -0.15) is 0 Å². The van der Waals surface area contributed by atoms with E-state index < -0.39 is 0 Å². The second-order valence-corrected chi connectivity index (χ2v) is 5.73. The van der Waals surface area contributed by atoms with E-state index in [1.807, 2.05) is 4.68 Å². The first-order valence-electron chi connectivity index (χ1n) is 7.11. The van der Waals surface area contributed by atoms with Gasteiger partial charge in [-0.25, -0.2) is 4.68 Å². The maximum absolute atomic E-state index is 5.62. The Bertz CT molecular complexity index is 354. The van der Waals surface area contributed by atoms with E-state index in [9.17, 15) is 0 Å². The molecule has 7 heteroatoms. The number of hydrogen-bond donors (Lipinski definition) is 1. The number of likely N-dealkylation sites (N-methyl/N-ethyl adjacent to an activating group) is 1. The van der Waals surface area contributed by atoms with Gasteiger partial charge in [0.2, 0.25) is 5.16 Å². The van der Waals surface area contributed by atoms with Gasteiger partial charge in [0, 0.05) is 18.9 Å². The van der Waals surface area contributed by atoms with E-state index in [2.05, 4.69) is 27.8 Å². The van der Waals surface area contributed by atoms with Crippen LogP contribution in [0, 0.1) is 0 Å². The standard InChI is InChI=1S/C12H23N5OS/c1-2-13-7-8-17-12(14-15-16-17)19-10-4-6-11-5-3-9-18-11/h11,13H,2-10H2,1H3. The van der Waals surface area contributed by atoms with Crippen molar-refractivity contribution in [3.05, 3.63) is 0 Å². The summed E-state index contributed by atoms with van der Waals surface area (Å²) in [5.41, 5.74) is 0. The predicted octanol–water partition coefficient (Wildman–Crippen LogP) is 1.33. The van der Waals surface area contributed by atoms with Crippen LogP contribution in [0.2, 0.25) is 0 Å². The highest BCUT2D eigenvalue weighted by Crippen LogP contribution is 2.20. The van der Waals surface area contributed by atoms with Crippen molar-refractivity contribution in [3.8, 4) is 0 Å². The molecule has 1 aliphatic rings. The van der Waals surface area contributed by atoms with E-state index >= 15 is 0 Å². The summed E-state index contributed by atoms with van der Waals surface area (Å²) in [5.74, 6) is 1.06. The van der Waals surface area contributed by atoms with Gasteiger partial charge in [-0.3, -0.25) is 0 Å². The van der Waals surface area contributed by atoms with Gasteiger partial charge in [0.15, 0.2) is 0 Å². The van der Waals surface area contributed by atoms with Crippen molar-refractivity contribution in [3.63, 3.8) is 0 Å². The van der Waals surface area contributed by atoms with Crippen LogP contribution in [0.15, 0.2) is 5.16 Å². The number of hydrogen-bond acceptors (Lipinski definition) is 6. The molecule has 2 rings (SSSR count). The van der Waals surface area contributed by atoms with E-state index in [1.54, 1.807) is 11.8 Å². The summed E-state index contributed by atoms with van der Waals surface area (Å²) in [4.78, 5) is 0. The van der Waals surface area contributed by atoms with Crippen molar-refractivity contribution in [2.45, 2.75) is 50.4 Å². The lowest BCUT2D eigenvalue weighted by Gasteiger charge is -2.08. The Morgan fingerprint density at radius 1 is 1.53 bits per heavy atom. The Morgan fingerprint density at radius 3 is 3.26 bits per heavy atom. The summed E-state index contributed by atoms with van der Waals surface area (Å²) in [7, 11) is 0. The number of ether oxygens (including phenoxy) is 1. The Morgan fingerprint density at radius 2 is 2.47 bits per heavy atom. The first-order chi connectivity index (χ1) is 9.40. The Balaban J connectivity index is 1.63. The first kappa shape index (κ1) is 14.7. The molecule has 108 valence electrons. The summed E-state index contributed by atoms with van der Waals surface area (Å²) >= 11 is 1.74. The summed E-state index contributed by atoms with van der Waals surface area (Å²) in [6, 6.07) is 0. The molecule has 0 spiro atoms. The Labute approximate surface area is 118 Å². The molecule has 0 bridgehead atoms. The SMILES string of the molecule is CCNCCn1nnnc1SCCCC1CCCO1. The minimum atomic E-state index is 0.491. The molecular weight excluding hydrogens is 262 g/mol. The van der Waals surface area contributed by atoms with Gasteiger partial charge >= 0.3 is 0 Å². The van der Waals surface area contributed by atoms with Crippen LogP contribution in [0.25, 0.3) is 0 Å². The van der Waals surface area contributed by atoms with Gasteiger partial charge in [0.1, 0.15) is 0 Å². The summed E-state index contributed by atoms with van der Waals surface area (Å²) in [6.45, 7) is 5.76. The van der Waals surface area contributed by atoms with Gasteiger partial charge in [-0.05, 0) is 42.7 Å². The zero-order valence-corrected chi connectivity index (χ0v) is 12.4.